The maximum absolute atomic E-state index is 5.37. The van der Waals surface area contributed by atoms with E-state index >= 15 is 0 Å². The van der Waals surface area contributed by atoms with Gasteiger partial charge in [0.25, 0.3) is 0 Å². The molecule has 1 heterocycles. The molecule has 1 rings (SSSR count). The van der Waals surface area contributed by atoms with Gasteiger partial charge in [0.2, 0.25) is 0 Å². The first-order valence-corrected chi connectivity index (χ1v) is 3.51. The maximum atomic E-state index is 5.37. The van der Waals surface area contributed by atoms with Crippen molar-refractivity contribution in [1.82, 2.24) is 5.16 Å². The molecule has 56 valence electrons. The van der Waals surface area contributed by atoms with Crippen LogP contribution < -0.4 is 5.73 Å². The number of nitrogens with two attached hydrogens (primary N) is 1. The lowest BCUT2D eigenvalue weighted by atomic mass is 10.2. The summed E-state index contributed by atoms with van der Waals surface area (Å²) < 4.78 is 4.96. The topological polar surface area (TPSA) is 52.0 Å². The normalized spacial score (nSPS) is 10.2. The van der Waals surface area contributed by atoms with E-state index in [0.717, 1.165) is 24.2 Å². The molecule has 3 heteroatoms. The molecule has 0 aliphatic rings. The van der Waals surface area contributed by atoms with Crippen molar-refractivity contribution in [3.63, 3.8) is 0 Å². The molecule has 0 aliphatic heterocycles. The molecule has 0 unspecified atom stereocenters. The van der Waals surface area contributed by atoms with Crippen molar-refractivity contribution in [3.8, 4) is 0 Å². The monoisotopic (exact) mass is 140 g/mol. The van der Waals surface area contributed by atoms with E-state index < -0.39 is 0 Å². The molecule has 0 amide bonds. The lowest BCUT2D eigenvalue weighted by molar-refractivity contribution is 0.385. The standard InChI is InChI=1S/C7H12N2O/c1-2-7-6(3-4-8)5-9-10-7/h5H,2-4,8H2,1H3. The Labute approximate surface area is 60.2 Å². The third-order valence-corrected chi connectivity index (χ3v) is 1.46. The van der Waals surface area contributed by atoms with E-state index in [9.17, 15) is 0 Å². The van der Waals surface area contributed by atoms with Gasteiger partial charge in [-0.1, -0.05) is 12.1 Å². The number of aryl methyl sites for hydroxylation is 1. The minimum atomic E-state index is 0.661. The highest BCUT2D eigenvalue weighted by Gasteiger charge is 2.02. The van der Waals surface area contributed by atoms with E-state index in [1.807, 2.05) is 6.92 Å². The van der Waals surface area contributed by atoms with E-state index in [1.54, 1.807) is 6.20 Å². The molecular weight excluding hydrogens is 128 g/mol. The lowest BCUT2D eigenvalue weighted by Crippen LogP contribution is -2.03. The average Bonchev–Trinajstić information content (AvgIpc) is 2.36. The van der Waals surface area contributed by atoms with Crippen LogP contribution in [0.25, 0.3) is 0 Å². The van der Waals surface area contributed by atoms with Crippen molar-refractivity contribution in [3.05, 3.63) is 17.5 Å². The fourth-order valence-corrected chi connectivity index (χ4v) is 0.935. The Morgan fingerprint density at radius 1 is 1.70 bits per heavy atom. The van der Waals surface area contributed by atoms with E-state index in [-0.39, 0.29) is 0 Å². The molecule has 0 bridgehead atoms. The molecule has 2 N–H and O–H groups in total. The van der Waals surface area contributed by atoms with Crippen LogP contribution in [0.15, 0.2) is 10.7 Å². The molecule has 0 saturated carbocycles. The fourth-order valence-electron chi connectivity index (χ4n) is 0.935. The Kier molecular flexibility index (Phi) is 2.45. The average molecular weight is 140 g/mol. The summed E-state index contributed by atoms with van der Waals surface area (Å²) in [4.78, 5) is 0. The molecule has 0 fully saturated rings. The van der Waals surface area contributed by atoms with Crippen LogP contribution in [0.5, 0.6) is 0 Å². The highest BCUT2D eigenvalue weighted by atomic mass is 16.5. The van der Waals surface area contributed by atoms with Crippen molar-refractivity contribution in [1.29, 1.82) is 0 Å². The van der Waals surface area contributed by atoms with Crippen molar-refractivity contribution in [2.45, 2.75) is 19.8 Å². The number of rotatable bonds is 3. The molecule has 0 radical (unpaired) electrons. The van der Waals surface area contributed by atoms with E-state index in [4.69, 9.17) is 10.3 Å². The quantitative estimate of drug-likeness (QED) is 0.673. The summed E-state index contributed by atoms with van der Waals surface area (Å²) in [5.41, 5.74) is 6.52. The number of nitrogens with zero attached hydrogens (tertiary/aromatic N) is 1. The summed E-state index contributed by atoms with van der Waals surface area (Å²) in [6.07, 6.45) is 3.51. The number of hydrogen-bond donors (Lipinski definition) is 1. The predicted octanol–water partition coefficient (Wildman–Crippen LogP) is 0.738. The highest BCUT2D eigenvalue weighted by molar-refractivity contribution is 5.13. The summed E-state index contributed by atoms with van der Waals surface area (Å²) in [5, 5.41) is 3.68. The van der Waals surface area contributed by atoms with Gasteiger partial charge in [-0.15, -0.1) is 0 Å². The van der Waals surface area contributed by atoms with Crippen LogP contribution in [0.4, 0.5) is 0 Å². The largest absolute Gasteiger partial charge is 0.361 e. The summed E-state index contributed by atoms with van der Waals surface area (Å²) in [6, 6.07) is 0. The molecule has 10 heavy (non-hydrogen) atoms. The Hall–Kier alpha value is -0.830. The zero-order chi connectivity index (χ0) is 7.40. The van der Waals surface area contributed by atoms with Gasteiger partial charge in [0, 0.05) is 12.0 Å². The zero-order valence-electron chi connectivity index (χ0n) is 6.13. The van der Waals surface area contributed by atoms with Crippen LogP contribution >= 0.6 is 0 Å². The van der Waals surface area contributed by atoms with Crippen LogP contribution in [0.2, 0.25) is 0 Å². The molecular formula is C7H12N2O. The number of aromatic nitrogens is 1. The van der Waals surface area contributed by atoms with Crippen LogP contribution in [-0.2, 0) is 12.8 Å². The highest BCUT2D eigenvalue weighted by Crippen LogP contribution is 2.07. The minimum absolute atomic E-state index is 0.661. The Morgan fingerprint density at radius 3 is 3.10 bits per heavy atom. The number of hydrogen-bond acceptors (Lipinski definition) is 3. The second-order valence-electron chi connectivity index (χ2n) is 2.17. The van der Waals surface area contributed by atoms with Gasteiger partial charge >= 0.3 is 0 Å². The third-order valence-electron chi connectivity index (χ3n) is 1.46. The van der Waals surface area contributed by atoms with Crippen molar-refractivity contribution in [2.75, 3.05) is 6.54 Å². The predicted molar refractivity (Wildman–Crippen MR) is 38.6 cm³/mol. The summed E-state index contributed by atoms with van der Waals surface area (Å²) >= 11 is 0. The second-order valence-corrected chi connectivity index (χ2v) is 2.17. The van der Waals surface area contributed by atoms with Crippen molar-refractivity contribution < 1.29 is 4.52 Å². The van der Waals surface area contributed by atoms with Gasteiger partial charge in [0.1, 0.15) is 5.76 Å². The lowest BCUT2D eigenvalue weighted by Gasteiger charge is -1.92. The summed E-state index contributed by atoms with van der Waals surface area (Å²) in [7, 11) is 0. The molecule has 1 aromatic rings. The molecule has 3 nitrogen and oxygen atoms in total. The molecule has 0 aliphatic carbocycles. The molecule has 0 saturated heterocycles. The third kappa shape index (κ3) is 1.36. The first-order valence-electron chi connectivity index (χ1n) is 3.51. The zero-order valence-corrected chi connectivity index (χ0v) is 6.13. The molecule has 0 atom stereocenters. The Morgan fingerprint density at radius 2 is 2.50 bits per heavy atom. The SMILES string of the molecule is CCc1oncc1CCN. The van der Waals surface area contributed by atoms with Gasteiger partial charge in [-0.05, 0) is 13.0 Å². The fraction of sp³-hybridized carbons (Fsp3) is 0.571. The first-order chi connectivity index (χ1) is 4.88. The maximum Gasteiger partial charge on any atom is 0.139 e. The summed E-state index contributed by atoms with van der Waals surface area (Å²) in [5.74, 6) is 0.963. The van der Waals surface area contributed by atoms with Crippen molar-refractivity contribution in [2.24, 2.45) is 5.73 Å². The second kappa shape index (κ2) is 3.37. The van der Waals surface area contributed by atoms with E-state index in [2.05, 4.69) is 5.16 Å². The van der Waals surface area contributed by atoms with Crippen LogP contribution in [0.1, 0.15) is 18.2 Å². The van der Waals surface area contributed by atoms with E-state index in [1.165, 1.54) is 0 Å². The van der Waals surface area contributed by atoms with Gasteiger partial charge in [-0.25, -0.2) is 0 Å². The van der Waals surface area contributed by atoms with Gasteiger partial charge in [-0.2, -0.15) is 0 Å². The van der Waals surface area contributed by atoms with Gasteiger partial charge in [0.05, 0.1) is 6.20 Å². The van der Waals surface area contributed by atoms with Gasteiger partial charge < -0.3 is 10.3 Å². The van der Waals surface area contributed by atoms with Crippen LogP contribution in [0, 0.1) is 0 Å². The molecule has 1 aromatic heterocycles. The minimum Gasteiger partial charge on any atom is -0.361 e. The molecule has 0 spiro atoms. The van der Waals surface area contributed by atoms with E-state index in [0.29, 0.717) is 6.54 Å². The smallest absolute Gasteiger partial charge is 0.139 e. The summed E-state index contributed by atoms with van der Waals surface area (Å²) in [6.45, 7) is 2.70. The Bertz CT molecular complexity index is 195. The molecule has 0 aromatic carbocycles. The van der Waals surface area contributed by atoms with Crippen molar-refractivity contribution >= 4 is 0 Å². The first kappa shape index (κ1) is 7.28. The van der Waals surface area contributed by atoms with Crippen LogP contribution in [-0.4, -0.2) is 11.7 Å². The van der Waals surface area contributed by atoms with Crippen LogP contribution in [0.3, 0.4) is 0 Å². The van der Waals surface area contributed by atoms with Gasteiger partial charge in [0.15, 0.2) is 0 Å². The Balaban J connectivity index is 2.70. The van der Waals surface area contributed by atoms with Gasteiger partial charge in [-0.3, -0.25) is 0 Å².